The maximum Gasteiger partial charge on any atom is 0.303 e. The number of carboxylic acids is 1. The number of hydrogen-bond acceptors (Lipinski definition) is 5. The summed E-state index contributed by atoms with van der Waals surface area (Å²) in [6.45, 7) is 3.65. The Morgan fingerprint density at radius 2 is 2.04 bits per heavy atom. The largest absolute Gasteiger partial charge is 0.481 e. The number of carbonyl (C=O) groups is 2. The van der Waals surface area contributed by atoms with Crippen molar-refractivity contribution in [2.45, 2.75) is 69.4 Å². The van der Waals surface area contributed by atoms with E-state index in [-0.39, 0.29) is 24.3 Å². The molecule has 1 aliphatic heterocycles. The van der Waals surface area contributed by atoms with Crippen molar-refractivity contribution in [2.75, 3.05) is 23.7 Å². The zero-order valence-corrected chi connectivity index (χ0v) is 17.5. The van der Waals surface area contributed by atoms with Crippen LogP contribution in [0.1, 0.15) is 68.6 Å². The van der Waals surface area contributed by atoms with Crippen LogP contribution >= 0.6 is 11.8 Å². The first kappa shape index (κ1) is 21.0. The highest BCUT2D eigenvalue weighted by molar-refractivity contribution is 7.99. The van der Waals surface area contributed by atoms with E-state index in [1.807, 2.05) is 12.1 Å². The molecule has 0 aromatic carbocycles. The van der Waals surface area contributed by atoms with Gasteiger partial charge in [-0.05, 0) is 49.5 Å². The highest BCUT2D eigenvalue weighted by Crippen LogP contribution is 2.29. The molecular formula is C21H31N3O3S. The zero-order chi connectivity index (χ0) is 19.9. The number of carbonyl (C=O) groups excluding carboxylic acids is 1. The van der Waals surface area contributed by atoms with Crippen molar-refractivity contribution < 1.29 is 14.7 Å². The Bertz CT molecular complexity index is 691. The van der Waals surface area contributed by atoms with Crippen molar-refractivity contribution >= 4 is 29.5 Å². The third-order valence-corrected chi connectivity index (χ3v) is 6.74. The molecule has 2 heterocycles. The van der Waals surface area contributed by atoms with Crippen LogP contribution in [-0.2, 0) is 4.79 Å². The molecule has 3 rings (SSSR count). The van der Waals surface area contributed by atoms with Crippen molar-refractivity contribution in [3.8, 4) is 0 Å². The van der Waals surface area contributed by atoms with Crippen molar-refractivity contribution in [2.24, 2.45) is 5.92 Å². The van der Waals surface area contributed by atoms with Gasteiger partial charge in [0.15, 0.2) is 0 Å². The lowest BCUT2D eigenvalue weighted by molar-refractivity contribution is -0.137. The number of anilines is 1. The number of aliphatic carboxylic acids is 1. The Morgan fingerprint density at radius 3 is 2.75 bits per heavy atom. The second-order valence-electron chi connectivity index (χ2n) is 7.88. The Labute approximate surface area is 171 Å². The molecule has 154 valence electrons. The van der Waals surface area contributed by atoms with Crippen molar-refractivity contribution in [3.05, 3.63) is 17.7 Å². The topological polar surface area (TPSA) is 82.5 Å². The lowest BCUT2D eigenvalue weighted by Crippen LogP contribution is -2.36. The minimum absolute atomic E-state index is 0.0188. The van der Waals surface area contributed by atoms with Crippen LogP contribution in [0.4, 0.5) is 5.82 Å². The molecule has 28 heavy (non-hydrogen) atoms. The predicted octanol–water partition coefficient (Wildman–Crippen LogP) is 3.95. The normalized spacial score (nSPS) is 20.3. The third-order valence-electron chi connectivity index (χ3n) is 5.55. The number of aromatic nitrogens is 1. The maximum atomic E-state index is 12.9. The van der Waals surface area contributed by atoms with Crippen molar-refractivity contribution in [1.29, 1.82) is 0 Å². The number of nitrogens with zero attached hydrogens (tertiary/aromatic N) is 2. The second kappa shape index (κ2) is 10.1. The van der Waals surface area contributed by atoms with Gasteiger partial charge in [0.1, 0.15) is 10.8 Å². The minimum Gasteiger partial charge on any atom is -0.481 e. The smallest absolute Gasteiger partial charge is 0.303 e. The van der Waals surface area contributed by atoms with Gasteiger partial charge in [0.25, 0.3) is 5.91 Å². The summed E-state index contributed by atoms with van der Waals surface area (Å²) in [5.41, 5.74) is 0.661. The molecule has 1 aliphatic carbocycles. The van der Waals surface area contributed by atoms with E-state index in [4.69, 9.17) is 10.1 Å². The Morgan fingerprint density at radius 1 is 1.25 bits per heavy atom. The molecule has 0 spiro atoms. The molecule has 1 saturated heterocycles. The average molecular weight is 406 g/mol. The van der Waals surface area contributed by atoms with Crippen LogP contribution in [0.25, 0.3) is 0 Å². The molecule has 2 N–H and O–H groups in total. The van der Waals surface area contributed by atoms with Gasteiger partial charge in [0.2, 0.25) is 0 Å². The summed E-state index contributed by atoms with van der Waals surface area (Å²) in [5, 5.41) is 13.0. The Kier molecular flexibility index (Phi) is 7.59. The van der Waals surface area contributed by atoms with Crippen LogP contribution in [0.15, 0.2) is 17.2 Å². The fourth-order valence-electron chi connectivity index (χ4n) is 4.05. The van der Waals surface area contributed by atoms with Gasteiger partial charge < -0.3 is 15.3 Å². The predicted molar refractivity (Wildman–Crippen MR) is 112 cm³/mol. The fourth-order valence-corrected chi connectivity index (χ4v) is 4.92. The van der Waals surface area contributed by atoms with Crippen LogP contribution in [0, 0.1) is 5.92 Å². The van der Waals surface area contributed by atoms with Crippen LogP contribution in [0.5, 0.6) is 0 Å². The van der Waals surface area contributed by atoms with E-state index in [9.17, 15) is 9.59 Å². The molecule has 0 bridgehead atoms. The Hall–Kier alpha value is -1.76. The molecule has 1 unspecified atom stereocenters. The van der Waals surface area contributed by atoms with Gasteiger partial charge in [0, 0.05) is 25.6 Å². The molecule has 2 aliphatic rings. The molecule has 7 heteroatoms. The van der Waals surface area contributed by atoms with Gasteiger partial charge in [-0.25, -0.2) is 4.98 Å². The van der Waals surface area contributed by atoms with E-state index >= 15 is 0 Å². The number of rotatable bonds is 8. The van der Waals surface area contributed by atoms with Crippen LogP contribution in [-0.4, -0.2) is 46.9 Å². The molecule has 6 nitrogen and oxygen atoms in total. The first-order valence-electron chi connectivity index (χ1n) is 10.5. The SMILES string of the molecule is CCCSc1nc(N2CCC(CC(=O)O)C2)ccc1C(=O)NC1CCCCC1. The van der Waals surface area contributed by atoms with Gasteiger partial charge in [-0.15, -0.1) is 11.8 Å². The molecule has 0 radical (unpaired) electrons. The highest BCUT2D eigenvalue weighted by Gasteiger charge is 2.27. The monoisotopic (exact) mass is 405 g/mol. The van der Waals surface area contributed by atoms with Crippen molar-refractivity contribution in [3.63, 3.8) is 0 Å². The summed E-state index contributed by atoms with van der Waals surface area (Å²) < 4.78 is 0. The van der Waals surface area contributed by atoms with Gasteiger partial charge in [0.05, 0.1) is 5.56 Å². The summed E-state index contributed by atoms with van der Waals surface area (Å²) in [4.78, 5) is 30.8. The summed E-state index contributed by atoms with van der Waals surface area (Å²) >= 11 is 1.63. The summed E-state index contributed by atoms with van der Waals surface area (Å²) in [6, 6.07) is 4.08. The first-order chi connectivity index (χ1) is 13.6. The standard InChI is InChI=1S/C21H31N3O3S/c1-2-12-28-21-17(20(27)22-16-6-4-3-5-7-16)8-9-18(23-21)24-11-10-15(14-24)13-19(25)26/h8-9,15-16H,2-7,10-14H2,1H3,(H,22,27)(H,25,26). The van der Waals surface area contributed by atoms with Crippen LogP contribution < -0.4 is 10.2 Å². The lowest BCUT2D eigenvalue weighted by atomic mass is 9.95. The van der Waals surface area contributed by atoms with E-state index in [2.05, 4.69) is 17.1 Å². The molecule has 1 amide bonds. The van der Waals surface area contributed by atoms with Crippen molar-refractivity contribution in [1.82, 2.24) is 10.3 Å². The fraction of sp³-hybridized carbons (Fsp3) is 0.667. The lowest BCUT2D eigenvalue weighted by Gasteiger charge is -2.24. The maximum absolute atomic E-state index is 12.9. The second-order valence-corrected chi connectivity index (χ2v) is 8.96. The number of thioether (sulfide) groups is 1. The van der Waals surface area contributed by atoms with Gasteiger partial charge in [-0.3, -0.25) is 9.59 Å². The quantitative estimate of drug-likeness (QED) is 0.637. The number of hydrogen-bond donors (Lipinski definition) is 2. The molecule has 2 fully saturated rings. The molecule has 1 aromatic heterocycles. The number of pyridine rings is 1. The molecule has 1 atom stereocenters. The molecule has 1 saturated carbocycles. The molecule has 1 aromatic rings. The van der Waals surface area contributed by atoms with Crippen LogP contribution in [0.2, 0.25) is 0 Å². The number of nitrogens with one attached hydrogen (secondary N) is 1. The van der Waals surface area contributed by atoms with E-state index < -0.39 is 5.97 Å². The summed E-state index contributed by atoms with van der Waals surface area (Å²) in [5.74, 6) is 1.17. The number of amides is 1. The minimum atomic E-state index is -0.742. The van der Waals surface area contributed by atoms with Crippen LogP contribution in [0.3, 0.4) is 0 Å². The summed E-state index contributed by atoms with van der Waals surface area (Å²) in [7, 11) is 0. The third kappa shape index (κ3) is 5.63. The zero-order valence-electron chi connectivity index (χ0n) is 16.7. The summed E-state index contributed by atoms with van der Waals surface area (Å²) in [6.07, 6.45) is 7.85. The number of carboxylic acid groups (broad SMARTS) is 1. The molecular weight excluding hydrogens is 374 g/mol. The van der Waals surface area contributed by atoms with Gasteiger partial charge >= 0.3 is 5.97 Å². The van der Waals surface area contributed by atoms with E-state index in [1.54, 1.807) is 11.8 Å². The van der Waals surface area contributed by atoms with E-state index in [1.165, 1.54) is 19.3 Å². The first-order valence-corrected chi connectivity index (χ1v) is 11.5. The van der Waals surface area contributed by atoms with E-state index in [0.29, 0.717) is 12.1 Å². The van der Waals surface area contributed by atoms with Gasteiger partial charge in [-0.2, -0.15) is 0 Å². The average Bonchev–Trinajstić information content (AvgIpc) is 3.14. The van der Waals surface area contributed by atoms with Gasteiger partial charge in [-0.1, -0.05) is 26.2 Å². The van der Waals surface area contributed by atoms with E-state index in [0.717, 1.165) is 48.8 Å². The highest BCUT2D eigenvalue weighted by atomic mass is 32.2. The Balaban J connectivity index is 1.72.